The molecule has 0 atom stereocenters. The molecule has 0 bridgehead atoms. The highest BCUT2D eigenvalue weighted by Crippen LogP contribution is 2.20. The Kier molecular flexibility index (Phi) is 5.62. The zero-order chi connectivity index (χ0) is 14.3. The second kappa shape index (κ2) is 7.22. The lowest BCUT2D eigenvalue weighted by Crippen LogP contribution is -2.15. The Morgan fingerprint density at radius 3 is 2.74 bits per heavy atom. The molecule has 0 unspecified atom stereocenters. The molecule has 1 amide bonds. The number of unbranched alkanes of at least 4 members (excludes halogenated alkanes) is 2. The van der Waals surface area contributed by atoms with Crippen LogP contribution < -0.4 is 5.32 Å². The maximum absolute atomic E-state index is 11.7. The molecule has 2 N–H and O–H groups in total. The number of nitrogens with one attached hydrogen (secondary N) is 1. The molecule has 0 aliphatic heterocycles. The van der Waals surface area contributed by atoms with Crippen molar-refractivity contribution in [1.29, 1.82) is 0 Å². The standard InChI is InChI=1S/C15H17NO3/c1-3-4-5-6-10-13(17)16-12-9-7-8-11(2)14(12)15(18)19/h1,7-9H,4-6,10H2,2H3,(H,16,17)(H,18,19). The lowest BCUT2D eigenvalue weighted by atomic mass is 10.1. The topological polar surface area (TPSA) is 66.4 Å². The number of aromatic carboxylic acids is 1. The van der Waals surface area contributed by atoms with Gasteiger partial charge in [-0.2, -0.15) is 0 Å². The van der Waals surface area contributed by atoms with Crippen LogP contribution in [0.3, 0.4) is 0 Å². The quantitative estimate of drug-likeness (QED) is 0.609. The highest BCUT2D eigenvalue weighted by Gasteiger charge is 2.14. The zero-order valence-corrected chi connectivity index (χ0v) is 10.9. The Hall–Kier alpha value is -2.28. The molecule has 0 saturated carbocycles. The first-order valence-corrected chi connectivity index (χ1v) is 6.12. The molecule has 19 heavy (non-hydrogen) atoms. The summed E-state index contributed by atoms with van der Waals surface area (Å²) in [5.74, 6) is 1.28. The van der Waals surface area contributed by atoms with E-state index < -0.39 is 5.97 Å². The van der Waals surface area contributed by atoms with Gasteiger partial charge in [0.15, 0.2) is 0 Å². The van der Waals surface area contributed by atoms with Crippen LogP contribution in [0.2, 0.25) is 0 Å². The Morgan fingerprint density at radius 2 is 2.11 bits per heavy atom. The van der Waals surface area contributed by atoms with Gasteiger partial charge in [-0.1, -0.05) is 12.1 Å². The van der Waals surface area contributed by atoms with Gasteiger partial charge < -0.3 is 10.4 Å². The molecule has 0 heterocycles. The number of amides is 1. The number of anilines is 1. The molecule has 100 valence electrons. The minimum absolute atomic E-state index is 0.138. The van der Waals surface area contributed by atoms with Crippen LogP contribution in [0.4, 0.5) is 5.69 Å². The lowest BCUT2D eigenvalue weighted by molar-refractivity contribution is -0.116. The summed E-state index contributed by atoms with van der Waals surface area (Å²) in [7, 11) is 0. The number of rotatable bonds is 6. The average molecular weight is 259 g/mol. The van der Waals surface area contributed by atoms with Gasteiger partial charge in [0.25, 0.3) is 0 Å². The van der Waals surface area contributed by atoms with Gasteiger partial charge in [0.2, 0.25) is 5.91 Å². The summed E-state index contributed by atoms with van der Waals surface area (Å²) in [6, 6.07) is 5.01. The summed E-state index contributed by atoms with van der Waals surface area (Å²) in [6.07, 6.45) is 7.61. The zero-order valence-electron chi connectivity index (χ0n) is 10.9. The third-order valence-electron chi connectivity index (χ3n) is 2.74. The summed E-state index contributed by atoms with van der Waals surface area (Å²) in [5, 5.41) is 11.8. The molecule has 4 heteroatoms. The number of carboxylic acids is 1. The number of carbonyl (C=O) groups is 2. The van der Waals surface area contributed by atoms with E-state index in [2.05, 4.69) is 11.2 Å². The number of carbonyl (C=O) groups excluding carboxylic acids is 1. The molecule has 1 rings (SSSR count). The molecule has 0 aromatic heterocycles. The van der Waals surface area contributed by atoms with Crippen LogP contribution in [0.5, 0.6) is 0 Å². The van der Waals surface area contributed by atoms with Crippen LogP contribution in [0.25, 0.3) is 0 Å². The van der Waals surface area contributed by atoms with Crippen molar-refractivity contribution in [3.05, 3.63) is 29.3 Å². The summed E-state index contributed by atoms with van der Waals surface area (Å²) in [5.41, 5.74) is 1.10. The SMILES string of the molecule is C#CCCCCC(=O)Nc1cccc(C)c1C(=O)O. The highest BCUT2D eigenvalue weighted by molar-refractivity contribution is 6.01. The Bertz CT molecular complexity index is 515. The molecule has 0 aliphatic carbocycles. The van der Waals surface area contributed by atoms with E-state index in [4.69, 9.17) is 11.5 Å². The van der Waals surface area contributed by atoms with Crippen molar-refractivity contribution in [2.45, 2.75) is 32.6 Å². The van der Waals surface area contributed by atoms with Gasteiger partial charge in [-0.05, 0) is 31.4 Å². The highest BCUT2D eigenvalue weighted by atomic mass is 16.4. The smallest absolute Gasteiger partial charge is 0.338 e. The predicted molar refractivity (Wildman–Crippen MR) is 74.1 cm³/mol. The fourth-order valence-corrected chi connectivity index (χ4v) is 1.78. The first-order valence-electron chi connectivity index (χ1n) is 6.12. The summed E-state index contributed by atoms with van der Waals surface area (Å²) < 4.78 is 0. The van der Waals surface area contributed by atoms with Crippen molar-refractivity contribution >= 4 is 17.6 Å². The minimum Gasteiger partial charge on any atom is -0.478 e. The maximum atomic E-state index is 11.7. The molecule has 0 radical (unpaired) electrons. The fraction of sp³-hybridized carbons (Fsp3) is 0.333. The van der Waals surface area contributed by atoms with E-state index in [9.17, 15) is 9.59 Å². The summed E-state index contributed by atoms with van der Waals surface area (Å²) in [6.45, 7) is 1.70. The normalized spacial score (nSPS) is 9.68. The molecular weight excluding hydrogens is 242 g/mol. The van der Waals surface area contributed by atoms with E-state index in [0.29, 0.717) is 30.5 Å². The van der Waals surface area contributed by atoms with Gasteiger partial charge in [-0.25, -0.2) is 4.79 Å². The Morgan fingerprint density at radius 1 is 1.37 bits per heavy atom. The molecule has 4 nitrogen and oxygen atoms in total. The van der Waals surface area contributed by atoms with Gasteiger partial charge in [0.05, 0.1) is 11.3 Å². The number of hydrogen-bond donors (Lipinski definition) is 2. The van der Waals surface area contributed by atoms with Crippen LogP contribution in [-0.4, -0.2) is 17.0 Å². The van der Waals surface area contributed by atoms with Crippen molar-refractivity contribution in [2.75, 3.05) is 5.32 Å². The van der Waals surface area contributed by atoms with E-state index in [-0.39, 0.29) is 11.5 Å². The third-order valence-corrected chi connectivity index (χ3v) is 2.74. The number of carboxylic acid groups (broad SMARTS) is 1. The van der Waals surface area contributed by atoms with Gasteiger partial charge in [-0.15, -0.1) is 12.3 Å². The summed E-state index contributed by atoms with van der Waals surface area (Å²) in [4.78, 5) is 22.9. The number of benzene rings is 1. The first-order chi connectivity index (χ1) is 9.06. The second-order valence-corrected chi connectivity index (χ2v) is 4.26. The van der Waals surface area contributed by atoms with E-state index in [0.717, 1.165) is 6.42 Å². The predicted octanol–water partition coefficient (Wildman–Crippen LogP) is 2.83. The van der Waals surface area contributed by atoms with Gasteiger partial charge in [0.1, 0.15) is 0 Å². The number of terminal acetylenes is 1. The van der Waals surface area contributed by atoms with Crippen LogP contribution in [0.15, 0.2) is 18.2 Å². The Balaban J connectivity index is 2.67. The Labute approximate surface area is 112 Å². The van der Waals surface area contributed by atoms with Crippen molar-refractivity contribution in [1.82, 2.24) is 0 Å². The molecule has 0 saturated heterocycles. The van der Waals surface area contributed by atoms with E-state index >= 15 is 0 Å². The average Bonchev–Trinajstić information content (AvgIpc) is 2.34. The molecule has 1 aromatic carbocycles. The first kappa shape index (κ1) is 14.8. The molecular formula is C15H17NO3. The fourth-order valence-electron chi connectivity index (χ4n) is 1.78. The van der Waals surface area contributed by atoms with Crippen molar-refractivity contribution < 1.29 is 14.7 Å². The van der Waals surface area contributed by atoms with Crippen LogP contribution >= 0.6 is 0 Å². The molecule has 1 aromatic rings. The third kappa shape index (κ3) is 4.47. The van der Waals surface area contributed by atoms with Crippen molar-refractivity contribution in [3.8, 4) is 12.3 Å². The monoisotopic (exact) mass is 259 g/mol. The van der Waals surface area contributed by atoms with Gasteiger partial charge >= 0.3 is 5.97 Å². The van der Waals surface area contributed by atoms with Crippen LogP contribution in [-0.2, 0) is 4.79 Å². The van der Waals surface area contributed by atoms with Gasteiger partial charge in [0, 0.05) is 12.8 Å². The van der Waals surface area contributed by atoms with E-state index in [1.807, 2.05) is 0 Å². The number of aryl methyl sites for hydroxylation is 1. The van der Waals surface area contributed by atoms with Gasteiger partial charge in [-0.3, -0.25) is 4.79 Å². The van der Waals surface area contributed by atoms with Crippen molar-refractivity contribution in [3.63, 3.8) is 0 Å². The van der Waals surface area contributed by atoms with E-state index in [1.165, 1.54) is 0 Å². The van der Waals surface area contributed by atoms with Crippen LogP contribution in [0.1, 0.15) is 41.6 Å². The second-order valence-electron chi connectivity index (χ2n) is 4.26. The minimum atomic E-state index is -1.04. The lowest BCUT2D eigenvalue weighted by Gasteiger charge is -2.10. The molecule has 0 aliphatic rings. The van der Waals surface area contributed by atoms with Crippen molar-refractivity contribution in [2.24, 2.45) is 0 Å². The number of hydrogen-bond acceptors (Lipinski definition) is 2. The van der Waals surface area contributed by atoms with Crippen LogP contribution in [0, 0.1) is 19.3 Å². The molecule has 0 fully saturated rings. The maximum Gasteiger partial charge on any atom is 0.338 e. The van der Waals surface area contributed by atoms with E-state index in [1.54, 1.807) is 25.1 Å². The largest absolute Gasteiger partial charge is 0.478 e. The molecule has 0 spiro atoms. The summed E-state index contributed by atoms with van der Waals surface area (Å²) >= 11 is 0.